The van der Waals surface area contributed by atoms with Crippen LogP contribution in [0.15, 0.2) is 146 Å². The molecule has 6 aromatic rings. The molecule has 6 nitrogen and oxygen atoms in total. The van der Waals surface area contributed by atoms with Gasteiger partial charge in [-0.15, -0.1) is 0 Å². The summed E-state index contributed by atoms with van der Waals surface area (Å²) in [5.41, 5.74) is 15.7. The lowest BCUT2D eigenvalue weighted by Crippen LogP contribution is -2.49. The SMILES string of the molecule is c1cc2ccc1CN[C@@H]1CCCC[C@H]1NCc1ccc(cc1)-c1ccc(cc1)CN[C@@H]1CCCC[C@H]1NCc1ccc(cc1)-c1ccc(cc1)CN[C@@H]1CCCC[C@H]1NCc1ccc-2cc1. The fourth-order valence-electron chi connectivity index (χ4n) is 11.2. The standard InChI is InChI=1S/C60H72N6/c1-2-8-56-55(7-1)61-37-43-13-25-49(26-14-43)51-29-17-45(18-30-51)39-63-57-9-3-4-10-58(57)65-41-47-21-33-53(34-22-47)54-35-23-48(24-36-54)42-66-60-12-6-5-11-59(60)64-40-46-19-31-52(32-20-46)50-27-15-44(16-28-50)38-62-56/h13-36,55-66H,1-12,37-42H2/t55-,56-,57-,58-,59-,60-/m1/s1. The van der Waals surface area contributed by atoms with E-state index in [9.17, 15) is 0 Å². The molecule has 0 amide bonds. The minimum absolute atomic E-state index is 0.478. The molecule has 6 heteroatoms. The highest BCUT2D eigenvalue weighted by atomic mass is 15.0. The summed E-state index contributed by atoms with van der Waals surface area (Å²) in [7, 11) is 0. The second-order valence-corrected chi connectivity index (χ2v) is 20.0. The van der Waals surface area contributed by atoms with E-state index >= 15 is 0 Å². The molecule has 0 saturated heterocycles. The Balaban J connectivity index is 0.818. The third-order valence-electron chi connectivity index (χ3n) is 15.4. The number of benzene rings is 6. The highest BCUT2D eigenvalue weighted by molar-refractivity contribution is 5.66. The van der Waals surface area contributed by atoms with Crippen molar-refractivity contribution in [3.05, 3.63) is 179 Å². The molecule has 0 radical (unpaired) electrons. The van der Waals surface area contributed by atoms with Crippen molar-refractivity contribution in [3.8, 4) is 33.4 Å². The summed E-state index contributed by atoms with van der Waals surface area (Å²) in [5.74, 6) is 0. The second kappa shape index (κ2) is 22.3. The summed E-state index contributed by atoms with van der Waals surface area (Å²) >= 11 is 0. The average molecular weight is 877 g/mol. The maximum absolute atomic E-state index is 3.95. The van der Waals surface area contributed by atoms with Gasteiger partial charge in [-0.3, -0.25) is 0 Å². The van der Waals surface area contributed by atoms with Gasteiger partial charge in [0.25, 0.3) is 0 Å². The quantitative estimate of drug-likeness (QED) is 0.0914. The highest BCUT2D eigenvalue weighted by Crippen LogP contribution is 2.27. The molecular formula is C60H72N6. The average Bonchev–Trinajstić information content (AvgIpc) is 3.38. The van der Waals surface area contributed by atoms with Crippen molar-refractivity contribution < 1.29 is 0 Å². The van der Waals surface area contributed by atoms with Crippen LogP contribution in [0.5, 0.6) is 0 Å². The first-order valence-corrected chi connectivity index (χ1v) is 25.6. The highest BCUT2D eigenvalue weighted by Gasteiger charge is 2.27. The topological polar surface area (TPSA) is 72.2 Å². The van der Waals surface area contributed by atoms with Crippen molar-refractivity contribution in [3.63, 3.8) is 0 Å². The number of hydrogen-bond donors (Lipinski definition) is 6. The number of hydrogen-bond acceptors (Lipinski definition) is 6. The summed E-state index contributed by atoms with van der Waals surface area (Å²) in [5, 5.41) is 23.7. The molecular weight excluding hydrogens is 805 g/mol. The van der Waals surface area contributed by atoms with Crippen molar-refractivity contribution in [2.75, 3.05) is 0 Å². The van der Waals surface area contributed by atoms with Crippen LogP contribution in [0, 0.1) is 0 Å². The molecule has 0 aromatic heterocycles. The van der Waals surface area contributed by atoms with Crippen LogP contribution in [0.1, 0.15) is 110 Å². The molecule has 0 unspecified atom stereocenters. The lowest BCUT2D eigenvalue weighted by atomic mass is 9.89. The van der Waals surface area contributed by atoms with Crippen LogP contribution in [0.25, 0.3) is 33.4 Å². The minimum atomic E-state index is 0.478. The van der Waals surface area contributed by atoms with Crippen LogP contribution in [-0.2, 0) is 39.3 Å². The predicted molar refractivity (Wildman–Crippen MR) is 275 cm³/mol. The van der Waals surface area contributed by atoms with Crippen LogP contribution in [0.2, 0.25) is 0 Å². The fraction of sp³-hybridized carbons (Fsp3) is 0.400. The second-order valence-electron chi connectivity index (χ2n) is 20.0. The molecule has 3 fully saturated rings. The Morgan fingerprint density at radius 2 is 0.333 bits per heavy atom. The van der Waals surface area contributed by atoms with E-state index in [1.165, 1.54) is 144 Å². The van der Waals surface area contributed by atoms with E-state index in [0.29, 0.717) is 36.3 Å². The Bertz CT molecular complexity index is 1950. The largest absolute Gasteiger partial charge is 0.308 e. The fourth-order valence-corrected chi connectivity index (χ4v) is 11.2. The maximum atomic E-state index is 3.95. The van der Waals surface area contributed by atoms with Gasteiger partial charge in [0.05, 0.1) is 0 Å². The molecule has 12 heterocycles. The van der Waals surface area contributed by atoms with Crippen molar-refractivity contribution in [2.24, 2.45) is 0 Å². The Morgan fingerprint density at radius 1 is 0.197 bits per heavy atom. The minimum Gasteiger partial charge on any atom is -0.308 e. The van der Waals surface area contributed by atoms with Crippen LogP contribution in [-0.4, -0.2) is 36.3 Å². The third kappa shape index (κ3) is 11.8. The van der Waals surface area contributed by atoms with Gasteiger partial charge in [0, 0.05) is 75.5 Å². The van der Waals surface area contributed by atoms with Crippen molar-refractivity contribution in [1.29, 1.82) is 0 Å². The summed E-state index contributed by atoms with van der Waals surface area (Å²) < 4.78 is 0. The van der Waals surface area contributed by atoms with Crippen molar-refractivity contribution in [2.45, 2.75) is 153 Å². The first-order valence-electron chi connectivity index (χ1n) is 25.6. The van der Waals surface area contributed by atoms with Gasteiger partial charge in [-0.05, 0) is 105 Å². The summed E-state index contributed by atoms with van der Waals surface area (Å²) in [4.78, 5) is 0. The van der Waals surface area contributed by atoms with Gasteiger partial charge in [0.15, 0.2) is 0 Å². The molecule has 342 valence electrons. The van der Waals surface area contributed by atoms with Crippen LogP contribution in [0.3, 0.4) is 0 Å². The molecule has 15 aliphatic rings. The maximum Gasteiger partial charge on any atom is 0.0224 e. The molecule has 6 atom stereocenters. The Labute approximate surface area is 395 Å². The summed E-state index contributed by atoms with van der Waals surface area (Å²) in [6.45, 7) is 5.38. The van der Waals surface area contributed by atoms with E-state index in [1.807, 2.05) is 0 Å². The third-order valence-corrected chi connectivity index (χ3v) is 15.4. The normalized spacial score (nSPS) is 24.7. The van der Waals surface area contributed by atoms with Crippen LogP contribution < -0.4 is 31.9 Å². The van der Waals surface area contributed by atoms with Gasteiger partial charge >= 0.3 is 0 Å². The van der Waals surface area contributed by atoms with E-state index in [-0.39, 0.29) is 0 Å². The van der Waals surface area contributed by atoms with E-state index in [1.54, 1.807) is 0 Å². The Morgan fingerprint density at radius 3 is 0.470 bits per heavy atom. The molecule has 66 heavy (non-hydrogen) atoms. The monoisotopic (exact) mass is 877 g/mol. The molecule has 6 N–H and O–H groups in total. The molecule has 0 spiro atoms. The predicted octanol–water partition coefficient (Wildman–Crippen LogP) is 11.6. The Kier molecular flexibility index (Phi) is 15.1. The van der Waals surface area contributed by atoms with Gasteiger partial charge in [-0.1, -0.05) is 184 Å². The number of rotatable bonds is 0. The lowest BCUT2D eigenvalue weighted by Gasteiger charge is -2.33. The van der Waals surface area contributed by atoms with Crippen LogP contribution in [0.4, 0.5) is 0 Å². The lowest BCUT2D eigenvalue weighted by molar-refractivity contribution is 0.281. The molecule has 21 rings (SSSR count). The molecule has 12 aliphatic heterocycles. The first kappa shape index (κ1) is 44.9. The van der Waals surface area contributed by atoms with E-state index in [2.05, 4.69) is 177 Å². The van der Waals surface area contributed by atoms with E-state index < -0.39 is 0 Å². The van der Waals surface area contributed by atoms with Gasteiger partial charge in [-0.2, -0.15) is 0 Å². The zero-order valence-corrected chi connectivity index (χ0v) is 39.0. The zero-order chi connectivity index (χ0) is 44.3. The van der Waals surface area contributed by atoms with Crippen molar-refractivity contribution >= 4 is 0 Å². The van der Waals surface area contributed by atoms with E-state index in [0.717, 1.165) is 39.3 Å². The van der Waals surface area contributed by atoms with Gasteiger partial charge in [0.2, 0.25) is 0 Å². The van der Waals surface area contributed by atoms with Crippen LogP contribution >= 0.6 is 0 Å². The first-order chi connectivity index (χ1) is 32.6. The number of nitrogens with one attached hydrogen (secondary N) is 6. The molecule has 6 aromatic carbocycles. The molecule has 3 aliphatic carbocycles. The molecule has 3 saturated carbocycles. The van der Waals surface area contributed by atoms with E-state index in [4.69, 9.17) is 0 Å². The van der Waals surface area contributed by atoms with Gasteiger partial charge < -0.3 is 31.9 Å². The van der Waals surface area contributed by atoms with Crippen molar-refractivity contribution in [1.82, 2.24) is 31.9 Å². The smallest absolute Gasteiger partial charge is 0.0224 e. The van der Waals surface area contributed by atoms with Gasteiger partial charge in [-0.25, -0.2) is 0 Å². The zero-order valence-electron chi connectivity index (χ0n) is 39.0. The van der Waals surface area contributed by atoms with Gasteiger partial charge in [0.1, 0.15) is 0 Å². The summed E-state index contributed by atoms with van der Waals surface area (Å²) in [6.07, 6.45) is 15.1. The molecule has 12 bridgehead atoms. The summed E-state index contributed by atoms with van der Waals surface area (Å²) in [6, 6.07) is 58.1. The Hall–Kier alpha value is -4.92.